The highest BCUT2D eigenvalue weighted by molar-refractivity contribution is 7.15. The predicted molar refractivity (Wildman–Crippen MR) is 79.5 cm³/mol. The maximum Gasteiger partial charge on any atom is 0.193 e. The summed E-state index contributed by atoms with van der Waals surface area (Å²) in [5.41, 5.74) is 2.81. The summed E-state index contributed by atoms with van der Waals surface area (Å²) in [7, 11) is 0. The second-order valence-electron chi connectivity index (χ2n) is 4.67. The van der Waals surface area contributed by atoms with Crippen molar-refractivity contribution in [1.82, 2.24) is 14.0 Å². The Kier molecular flexibility index (Phi) is 2.47. The number of aldehydes is 1. The van der Waals surface area contributed by atoms with E-state index >= 15 is 0 Å². The highest BCUT2D eigenvalue weighted by Crippen LogP contribution is 2.20. The number of hydrogen-bond acceptors (Lipinski definition) is 3. The van der Waals surface area contributed by atoms with Gasteiger partial charge in [0.15, 0.2) is 11.2 Å². The first kappa shape index (κ1) is 11.4. The molecule has 0 saturated heterocycles. The lowest BCUT2D eigenvalue weighted by molar-refractivity contribution is 0.112. The van der Waals surface area contributed by atoms with Crippen molar-refractivity contribution in [2.24, 2.45) is 0 Å². The van der Waals surface area contributed by atoms with Crippen molar-refractivity contribution in [1.29, 1.82) is 0 Å². The van der Waals surface area contributed by atoms with Crippen LogP contribution in [-0.4, -0.2) is 20.2 Å². The molecule has 98 valence electrons. The predicted octanol–water partition coefficient (Wildman–Crippen LogP) is 3.21. The lowest BCUT2D eigenvalue weighted by Crippen LogP contribution is -1.98. The monoisotopic (exact) mass is 281 g/mol. The van der Waals surface area contributed by atoms with Crippen LogP contribution in [-0.2, 0) is 6.54 Å². The van der Waals surface area contributed by atoms with Crippen LogP contribution >= 0.6 is 11.3 Å². The molecule has 1 aromatic carbocycles. The Labute approximate surface area is 118 Å². The zero-order valence-corrected chi connectivity index (χ0v) is 11.4. The van der Waals surface area contributed by atoms with E-state index in [9.17, 15) is 4.79 Å². The number of carbonyl (C=O) groups excluding carboxylic acids is 1. The van der Waals surface area contributed by atoms with Crippen LogP contribution in [0.2, 0.25) is 0 Å². The average Bonchev–Trinajstić information content (AvgIpc) is 3.13. The van der Waals surface area contributed by atoms with E-state index in [0.29, 0.717) is 6.54 Å². The Hall–Kier alpha value is -2.40. The number of fused-ring (bicyclic) bond motifs is 2. The molecule has 0 saturated carbocycles. The Morgan fingerprint density at radius 3 is 3.05 bits per heavy atom. The molecule has 0 aliphatic heterocycles. The largest absolute Gasteiger partial charge is 0.341 e. The molecule has 4 nitrogen and oxygen atoms in total. The zero-order chi connectivity index (χ0) is 13.5. The molecule has 0 fully saturated rings. The fourth-order valence-electron chi connectivity index (χ4n) is 2.51. The summed E-state index contributed by atoms with van der Waals surface area (Å²) in [4.78, 5) is 16.6. The van der Waals surface area contributed by atoms with Gasteiger partial charge in [-0.3, -0.25) is 9.20 Å². The van der Waals surface area contributed by atoms with E-state index < -0.39 is 0 Å². The molecule has 0 amide bonds. The molecule has 4 aromatic rings. The summed E-state index contributed by atoms with van der Waals surface area (Å²) >= 11 is 1.63. The number of carbonyl (C=O) groups is 1. The van der Waals surface area contributed by atoms with E-state index in [2.05, 4.69) is 9.55 Å². The molecule has 20 heavy (non-hydrogen) atoms. The minimum Gasteiger partial charge on any atom is -0.341 e. The van der Waals surface area contributed by atoms with Gasteiger partial charge < -0.3 is 4.57 Å². The molecule has 0 radical (unpaired) electrons. The van der Waals surface area contributed by atoms with Crippen LogP contribution in [0.5, 0.6) is 0 Å². The Morgan fingerprint density at radius 1 is 1.25 bits per heavy atom. The van der Waals surface area contributed by atoms with Crippen LogP contribution in [0.4, 0.5) is 0 Å². The first-order valence-electron chi connectivity index (χ1n) is 6.29. The molecule has 4 rings (SSSR count). The third-order valence-corrected chi connectivity index (χ3v) is 4.22. The number of imidazole rings is 1. The van der Waals surface area contributed by atoms with Crippen molar-refractivity contribution in [2.75, 3.05) is 0 Å². The minimum atomic E-state index is 0.709. The van der Waals surface area contributed by atoms with Gasteiger partial charge in [0.2, 0.25) is 0 Å². The number of benzene rings is 1. The van der Waals surface area contributed by atoms with Crippen molar-refractivity contribution >= 4 is 33.5 Å². The summed E-state index contributed by atoms with van der Waals surface area (Å²) in [5.74, 6) is 0. The van der Waals surface area contributed by atoms with Crippen LogP contribution in [0.3, 0.4) is 0 Å². The van der Waals surface area contributed by atoms with E-state index in [1.54, 1.807) is 11.3 Å². The van der Waals surface area contributed by atoms with Gasteiger partial charge in [0, 0.05) is 40.4 Å². The quantitative estimate of drug-likeness (QED) is 0.541. The Balaban J connectivity index is 1.78. The summed E-state index contributed by atoms with van der Waals surface area (Å²) in [6, 6.07) is 7.76. The van der Waals surface area contributed by atoms with E-state index in [-0.39, 0.29) is 0 Å². The van der Waals surface area contributed by atoms with Gasteiger partial charge in [0.05, 0.1) is 12.2 Å². The van der Waals surface area contributed by atoms with Gasteiger partial charge >= 0.3 is 0 Å². The number of nitrogens with zero attached hydrogens (tertiary/aromatic N) is 3. The molecule has 0 atom stereocenters. The SMILES string of the molecule is O=Cc1cccc2c1ccn2Cc1cn2ccsc2n1. The smallest absolute Gasteiger partial charge is 0.193 e. The Morgan fingerprint density at radius 2 is 2.20 bits per heavy atom. The summed E-state index contributed by atoms with van der Waals surface area (Å²) in [6.07, 6.45) is 6.96. The first-order valence-corrected chi connectivity index (χ1v) is 7.17. The molecular weight excluding hydrogens is 270 g/mol. The molecule has 0 spiro atoms. The summed E-state index contributed by atoms with van der Waals surface area (Å²) < 4.78 is 4.15. The second kappa shape index (κ2) is 4.31. The summed E-state index contributed by atoms with van der Waals surface area (Å²) in [5, 5.41) is 3.01. The average molecular weight is 281 g/mol. The van der Waals surface area contributed by atoms with Crippen LogP contribution in [0.1, 0.15) is 16.1 Å². The molecule has 5 heteroatoms. The Bertz CT molecular complexity index is 887. The van der Waals surface area contributed by atoms with Crippen molar-refractivity contribution in [2.45, 2.75) is 6.54 Å². The van der Waals surface area contributed by atoms with E-state index in [1.165, 1.54) is 0 Å². The molecule has 0 aliphatic rings. The van der Waals surface area contributed by atoms with Crippen LogP contribution < -0.4 is 0 Å². The van der Waals surface area contributed by atoms with Gasteiger partial charge in [0.1, 0.15) is 0 Å². The van der Waals surface area contributed by atoms with Crippen LogP contribution in [0.15, 0.2) is 48.2 Å². The van der Waals surface area contributed by atoms with E-state index in [1.807, 2.05) is 52.6 Å². The van der Waals surface area contributed by atoms with Gasteiger partial charge in [-0.2, -0.15) is 0 Å². The normalized spacial score (nSPS) is 11.4. The molecule has 3 aromatic heterocycles. The van der Waals surface area contributed by atoms with Crippen molar-refractivity contribution < 1.29 is 4.79 Å². The molecule has 3 heterocycles. The van der Waals surface area contributed by atoms with E-state index in [0.717, 1.165) is 33.4 Å². The third-order valence-electron chi connectivity index (χ3n) is 3.45. The number of rotatable bonds is 3. The fraction of sp³-hybridized carbons (Fsp3) is 0.0667. The maximum atomic E-state index is 11.0. The van der Waals surface area contributed by atoms with E-state index in [4.69, 9.17) is 0 Å². The lowest BCUT2D eigenvalue weighted by atomic mass is 10.1. The van der Waals surface area contributed by atoms with Crippen LogP contribution in [0.25, 0.3) is 15.9 Å². The molecule has 0 N–H and O–H groups in total. The van der Waals surface area contributed by atoms with Crippen molar-refractivity contribution in [3.63, 3.8) is 0 Å². The zero-order valence-electron chi connectivity index (χ0n) is 10.6. The van der Waals surface area contributed by atoms with Crippen molar-refractivity contribution in [3.8, 4) is 0 Å². The number of aromatic nitrogens is 3. The first-order chi connectivity index (χ1) is 9.85. The topological polar surface area (TPSA) is 39.3 Å². The highest BCUT2D eigenvalue weighted by atomic mass is 32.1. The number of hydrogen-bond donors (Lipinski definition) is 0. The summed E-state index contributed by atoms with van der Waals surface area (Å²) in [6.45, 7) is 0.709. The van der Waals surface area contributed by atoms with Crippen LogP contribution in [0, 0.1) is 0 Å². The highest BCUT2D eigenvalue weighted by Gasteiger charge is 2.08. The second-order valence-corrected chi connectivity index (χ2v) is 5.54. The molecule has 0 bridgehead atoms. The molecule has 0 aliphatic carbocycles. The van der Waals surface area contributed by atoms with Gasteiger partial charge in [-0.15, -0.1) is 11.3 Å². The maximum absolute atomic E-state index is 11.0. The van der Waals surface area contributed by atoms with Gasteiger partial charge in [0.25, 0.3) is 0 Å². The molecule has 0 unspecified atom stereocenters. The van der Waals surface area contributed by atoms with Gasteiger partial charge in [-0.05, 0) is 12.1 Å². The standard InChI is InChI=1S/C15H11N3OS/c19-10-11-2-1-3-14-13(11)4-5-17(14)8-12-9-18-6-7-20-15(18)16-12/h1-7,9-10H,8H2. The third kappa shape index (κ3) is 1.67. The number of thiazole rings is 1. The van der Waals surface area contributed by atoms with Gasteiger partial charge in [-0.25, -0.2) is 4.98 Å². The minimum absolute atomic E-state index is 0.709. The lowest BCUT2D eigenvalue weighted by Gasteiger charge is -2.03. The van der Waals surface area contributed by atoms with Crippen molar-refractivity contribution in [3.05, 3.63) is 59.5 Å². The van der Waals surface area contributed by atoms with Gasteiger partial charge in [-0.1, -0.05) is 12.1 Å². The molecular formula is C15H11N3OS. The fourth-order valence-corrected chi connectivity index (χ4v) is 3.23.